The number of benzene rings is 1. The van der Waals surface area contributed by atoms with Crippen LogP contribution in [0.4, 0.5) is 5.69 Å². The van der Waals surface area contributed by atoms with Gasteiger partial charge in [-0.05, 0) is 43.6 Å². The summed E-state index contributed by atoms with van der Waals surface area (Å²) in [6.07, 6.45) is 2.45. The van der Waals surface area contributed by atoms with Gasteiger partial charge in [-0.1, -0.05) is 26.0 Å². The number of nitrogens with one attached hydrogen (secondary N) is 2. The number of rotatable bonds is 10. The fraction of sp³-hybridized carbons (Fsp3) is 0.588. The Balaban J connectivity index is 2.15. The Bertz CT molecular complexity index is 399. The maximum atomic E-state index is 11.8. The fourth-order valence-electron chi connectivity index (χ4n) is 2.27. The van der Waals surface area contributed by atoms with Gasteiger partial charge in [0.2, 0.25) is 5.91 Å². The van der Waals surface area contributed by atoms with Crippen LogP contribution in [0.3, 0.4) is 0 Å². The zero-order chi connectivity index (χ0) is 15.5. The van der Waals surface area contributed by atoms with Crippen LogP contribution in [0.25, 0.3) is 0 Å². The van der Waals surface area contributed by atoms with Gasteiger partial charge in [0.15, 0.2) is 0 Å². The Morgan fingerprint density at radius 3 is 2.38 bits per heavy atom. The number of likely N-dealkylation sites (N-methyl/N-ethyl adjacent to an activating group) is 1. The van der Waals surface area contributed by atoms with Gasteiger partial charge in [-0.2, -0.15) is 0 Å². The van der Waals surface area contributed by atoms with Crippen LogP contribution < -0.4 is 10.6 Å². The molecule has 0 aliphatic carbocycles. The molecular weight excluding hydrogens is 262 g/mol. The highest BCUT2D eigenvalue weighted by Gasteiger charge is 2.03. The smallest absolute Gasteiger partial charge is 0.220 e. The number of nitrogens with zero attached hydrogens (tertiary/aromatic N) is 1. The van der Waals surface area contributed by atoms with E-state index >= 15 is 0 Å². The Morgan fingerprint density at radius 2 is 1.81 bits per heavy atom. The van der Waals surface area contributed by atoms with Crippen LogP contribution >= 0.6 is 0 Å². The molecule has 4 heteroatoms. The van der Waals surface area contributed by atoms with Gasteiger partial charge in [0, 0.05) is 32.2 Å². The van der Waals surface area contributed by atoms with Crippen molar-refractivity contribution in [1.29, 1.82) is 0 Å². The molecule has 0 unspecified atom stereocenters. The second-order valence-electron chi connectivity index (χ2n) is 5.18. The van der Waals surface area contributed by atoms with Gasteiger partial charge in [0.1, 0.15) is 0 Å². The van der Waals surface area contributed by atoms with Gasteiger partial charge in [-0.3, -0.25) is 4.79 Å². The number of amides is 1. The summed E-state index contributed by atoms with van der Waals surface area (Å²) in [5.74, 6) is 0.161. The topological polar surface area (TPSA) is 44.4 Å². The fourth-order valence-corrected chi connectivity index (χ4v) is 2.27. The third kappa shape index (κ3) is 7.14. The lowest BCUT2D eigenvalue weighted by Gasteiger charge is -2.17. The molecule has 118 valence electrons. The average molecular weight is 291 g/mol. The molecule has 1 rings (SSSR count). The second-order valence-corrected chi connectivity index (χ2v) is 5.18. The minimum absolute atomic E-state index is 0.161. The lowest BCUT2D eigenvalue weighted by molar-refractivity contribution is -0.121. The lowest BCUT2D eigenvalue weighted by Crippen LogP contribution is -2.34. The molecule has 0 bridgehead atoms. The minimum Gasteiger partial charge on any atom is -0.388 e. The second kappa shape index (κ2) is 10.2. The zero-order valence-electron chi connectivity index (χ0n) is 13.6. The van der Waals surface area contributed by atoms with Crippen molar-refractivity contribution in [3.8, 4) is 0 Å². The van der Waals surface area contributed by atoms with Crippen LogP contribution in [-0.2, 0) is 11.2 Å². The summed E-state index contributed by atoms with van der Waals surface area (Å²) in [7, 11) is 1.91. The summed E-state index contributed by atoms with van der Waals surface area (Å²) < 4.78 is 0. The van der Waals surface area contributed by atoms with Crippen molar-refractivity contribution in [2.45, 2.75) is 33.1 Å². The Hall–Kier alpha value is -1.55. The van der Waals surface area contributed by atoms with Gasteiger partial charge in [-0.25, -0.2) is 0 Å². The van der Waals surface area contributed by atoms with E-state index in [2.05, 4.69) is 53.6 Å². The monoisotopic (exact) mass is 291 g/mol. The van der Waals surface area contributed by atoms with Crippen molar-refractivity contribution >= 4 is 11.6 Å². The van der Waals surface area contributed by atoms with E-state index in [0.717, 1.165) is 44.7 Å². The van der Waals surface area contributed by atoms with Gasteiger partial charge >= 0.3 is 0 Å². The summed E-state index contributed by atoms with van der Waals surface area (Å²) in [6, 6.07) is 8.37. The molecule has 0 spiro atoms. The van der Waals surface area contributed by atoms with Crippen LogP contribution in [0.2, 0.25) is 0 Å². The predicted octanol–water partition coefficient (Wildman–Crippen LogP) is 2.51. The highest BCUT2D eigenvalue weighted by molar-refractivity contribution is 5.75. The van der Waals surface area contributed by atoms with Crippen molar-refractivity contribution < 1.29 is 4.79 Å². The van der Waals surface area contributed by atoms with Gasteiger partial charge < -0.3 is 15.5 Å². The molecule has 0 fully saturated rings. The first-order valence-electron chi connectivity index (χ1n) is 7.95. The highest BCUT2D eigenvalue weighted by atomic mass is 16.1. The van der Waals surface area contributed by atoms with Crippen molar-refractivity contribution in [3.05, 3.63) is 29.8 Å². The van der Waals surface area contributed by atoms with Crippen LogP contribution in [0, 0.1) is 0 Å². The first-order valence-corrected chi connectivity index (χ1v) is 7.95. The van der Waals surface area contributed by atoms with Crippen LogP contribution in [0.5, 0.6) is 0 Å². The Morgan fingerprint density at radius 1 is 1.14 bits per heavy atom. The third-order valence-corrected chi connectivity index (χ3v) is 3.76. The van der Waals surface area contributed by atoms with Gasteiger partial charge in [-0.15, -0.1) is 0 Å². The normalized spacial score (nSPS) is 10.7. The van der Waals surface area contributed by atoms with Crippen molar-refractivity contribution in [1.82, 2.24) is 10.2 Å². The molecule has 1 amide bonds. The third-order valence-electron chi connectivity index (χ3n) is 3.76. The molecule has 0 atom stereocenters. The predicted molar refractivity (Wildman–Crippen MR) is 89.7 cm³/mol. The first-order chi connectivity index (χ1) is 10.2. The van der Waals surface area contributed by atoms with E-state index in [-0.39, 0.29) is 5.91 Å². The van der Waals surface area contributed by atoms with Crippen LogP contribution in [0.1, 0.15) is 32.3 Å². The largest absolute Gasteiger partial charge is 0.388 e. The molecular formula is C17H29N3O. The van der Waals surface area contributed by atoms with E-state index in [4.69, 9.17) is 0 Å². The molecule has 21 heavy (non-hydrogen) atoms. The van der Waals surface area contributed by atoms with Gasteiger partial charge in [0.25, 0.3) is 0 Å². The van der Waals surface area contributed by atoms with Gasteiger partial charge in [0.05, 0.1) is 0 Å². The quantitative estimate of drug-likeness (QED) is 0.696. The van der Waals surface area contributed by atoms with E-state index in [0.29, 0.717) is 6.42 Å². The molecule has 0 saturated heterocycles. The summed E-state index contributed by atoms with van der Waals surface area (Å²) in [5, 5.41) is 6.10. The summed E-state index contributed by atoms with van der Waals surface area (Å²) >= 11 is 0. The SMILES string of the molecule is CCN(CC)CCNC(=O)CCCc1ccc(NC)cc1. The number of aryl methyl sites for hydroxylation is 1. The minimum atomic E-state index is 0.161. The Labute approximate surface area is 128 Å². The molecule has 0 aliphatic heterocycles. The molecule has 0 heterocycles. The Kier molecular flexibility index (Phi) is 8.51. The maximum absolute atomic E-state index is 11.8. The number of hydrogen-bond acceptors (Lipinski definition) is 3. The van der Waals surface area contributed by atoms with E-state index in [1.807, 2.05) is 7.05 Å². The van der Waals surface area contributed by atoms with E-state index in [1.54, 1.807) is 0 Å². The lowest BCUT2D eigenvalue weighted by atomic mass is 10.1. The van der Waals surface area contributed by atoms with Crippen molar-refractivity contribution in [3.63, 3.8) is 0 Å². The van der Waals surface area contributed by atoms with Crippen molar-refractivity contribution in [2.75, 3.05) is 38.5 Å². The summed E-state index contributed by atoms with van der Waals surface area (Å²) in [5.41, 5.74) is 2.40. The van der Waals surface area contributed by atoms with Crippen LogP contribution in [0.15, 0.2) is 24.3 Å². The van der Waals surface area contributed by atoms with E-state index in [1.165, 1.54) is 5.56 Å². The summed E-state index contributed by atoms with van der Waals surface area (Å²) in [4.78, 5) is 14.1. The van der Waals surface area contributed by atoms with E-state index in [9.17, 15) is 4.79 Å². The molecule has 1 aromatic carbocycles. The molecule has 0 aromatic heterocycles. The number of hydrogen-bond donors (Lipinski definition) is 2. The molecule has 0 aliphatic rings. The molecule has 0 saturated carbocycles. The van der Waals surface area contributed by atoms with E-state index < -0.39 is 0 Å². The number of anilines is 1. The standard InChI is InChI=1S/C17H29N3O/c1-4-20(5-2)14-13-19-17(21)8-6-7-15-9-11-16(18-3)12-10-15/h9-12,18H,4-8,13-14H2,1-3H3,(H,19,21). The molecule has 4 nitrogen and oxygen atoms in total. The number of carbonyl (C=O) groups is 1. The highest BCUT2D eigenvalue weighted by Crippen LogP contribution is 2.10. The van der Waals surface area contributed by atoms with Crippen LogP contribution in [-0.4, -0.2) is 44.0 Å². The zero-order valence-corrected chi connectivity index (χ0v) is 13.6. The molecule has 1 aromatic rings. The maximum Gasteiger partial charge on any atom is 0.220 e. The molecule has 0 radical (unpaired) electrons. The molecule has 2 N–H and O–H groups in total. The summed E-state index contributed by atoms with van der Waals surface area (Å²) in [6.45, 7) is 8.04. The average Bonchev–Trinajstić information content (AvgIpc) is 2.52. The number of carbonyl (C=O) groups excluding carboxylic acids is 1. The van der Waals surface area contributed by atoms with Crippen molar-refractivity contribution in [2.24, 2.45) is 0 Å². The first kappa shape index (κ1) is 17.5.